The lowest BCUT2D eigenvalue weighted by molar-refractivity contribution is -0.158. The molecule has 0 amide bonds. The summed E-state index contributed by atoms with van der Waals surface area (Å²) >= 11 is 0. The summed E-state index contributed by atoms with van der Waals surface area (Å²) in [7, 11) is -4.21. The Hall–Kier alpha value is -1.02. The van der Waals surface area contributed by atoms with Crippen molar-refractivity contribution in [2.45, 2.75) is 13.8 Å². The van der Waals surface area contributed by atoms with Crippen LogP contribution in [0.15, 0.2) is 11.1 Å². The second-order valence-electron chi connectivity index (χ2n) is 4.23. The normalized spacial score (nSPS) is 12.0. The van der Waals surface area contributed by atoms with Crippen LogP contribution in [-0.2, 0) is 46.3 Å². The van der Waals surface area contributed by atoms with Crippen LogP contribution < -0.4 is 0 Å². The lowest BCUT2D eigenvalue weighted by Gasteiger charge is -2.23. The quantitative estimate of drug-likeness (QED) is 0.289. The van der Waals surface area contributed by atoms with Gasteiger partial charge in [-0.05, 0) is 19.9 Å². The van der Waals surface area contributed by atoms with E-state index in [1.54, 1.807) is 0 Å². The average molecular weight is 402 g/mol. The SMILES string of the molecule is CCOC(=O)C(C=C(P(=O)(OC)OC)P(=O)(OC)OC)C(=O)OCC. The topological polar surface area (TPSA) is 124 Å². The first-order chi connectivity index (χ1) is 11.7. The van der Waals surface area contributed by atoms with Crippen LogP contribution >= 0.6 is 15.2 Å². The molecule has 0 atom stereocenters. The zero-order valence-corrected chi connectivity index (χ0v) is 16.8. The van der Waals surface area contributed by atoms with Crippen molar-refractivity contribution >= 4 is 27.1 Å². The Morgan fingerprint density at radius 1 is 0.800 bits per heavy atom. The van der Waals surface area contributed by atoms with Gasteiger partial charge in [-0.15, -0.1) is 0 Å². The highest BCUT2D eigenvalue weighted by molar-refractivity contribution is 7.78. The van der Waals surface area contributed by atoms with Crippen molar-refractivity contribution in [2.24, 2.45) is 5.92 Å². The van der Waals surface area contributed by atoms with E-state index in [4.69, 9.17) is 27.6 Å². The predicted molar refractivity (Wildman–Crippen MR) is 88.1 cm³/mol. The van der Waals surface area contributed by atoms with E-state index in [9.17, 15) is 18.7 Å². The summed E-state index contributed by atoms with van der Waals surface area (Å²) in [5, 5.41) is -0.610. The number of hydrogen-bond donors (Lipinski definition) is 0. The van der Waals surface area contributed by atoms with E-state index in [2.05, 4.69) is 0 Å². The van der Waals surface area contributed by atoms with Gasteiger partial charge in [-0.25, -0.2) is 0 Å². The van der Waals surface area contributed by atoms with Crippen LogP contribution in [0, 0.1) is 5.92 Å². The molecule has 0 rings (SSSR count). The van der Waals surface area contributed by atoms with Gasteiger partial charge in [-0.3, -0.25) is 18.7 Å². The third-order valence-corrected chi connectivity index (χ3v) is 7.73. The van der Waals surface area contributed by atoms with Crippen LogP contribution in [-0.4, -0.2) is 53.6 Å². The maximum atomic E-state index is 12.8. The molecule has 0 N–H and O–H groups in total. The van der Waals surface area contributed by atoms with Gasteiger partial charge < -0.3 is 27.6 Å². The van der Waals surface area contributed by atoms with Crippen molar-refractivity contribution in [3.63, 3.8) is 0 Å². The minimum absolute atomic E-state index is 0.0175. The van der Waals surface area contributed by atoms with E-state index < -0.39 is 38.1 Å². The number of carbonyl (C=O) groups is 2. The molecule has 0 spiro atoms. The first-order valence-corrected chi connectivity index (χ1v) is 10.3. The summed E-state index contributed by atoms with van der Waals surface area (Å²) < 4.78 is 54.4. The zero-order valence-electron chi connectivity index (χ0n) is 15.0. The Bertz CT molecular complexity index is 523. The fourth-order valence-electron chi connectivity index (χ4n) is 1.70. The van der Waals surface area contributed by atoms with E-state index in [1.807, 2.05) is 0 Å². The minimum atomic E-state index is -4.18. The second kappa shape index (κ2) is 10.9. The average Bonchev–Trinajstić information content (AvgIpc) is 2.61. The minimum Gasteiger partial charge on any atom is -0.465 e. The highest BCUT2D eigenvalue weighted by Crippen LogP contribution is 2.73. The largest absolute Gasteiger partial charge is 0.465 e. The van der Waals surface area contributed by atoms with Crippen LogP contribution in [0.25, 0.3) is 0 Å². The van der Waals surface area contributed by atoms with Gasteiger partial charge >= 0.3 is 27.1 Å². The van der Waals surface area contributed by atoms with Gasteiger partial charge in [0, 0.05) is 28.4 Å². The van der Waals surface area contributed by atoms with Crippen molar-refractivity contribution in [3.05, 3.63) is 11.1 Å². The number of ether oxygens (including phenoxy) is 2. The molecule has 0 aromatic heterocycles. The third kappa shape index (κ3) is 6.02. The monoisotopic (exact) mass is 402 g/mol. The summed E-state index contributed by atoms with van der Waals surface area (Å²) in [6.45, 7) is 3.04. The molecule has 0 saturated carbocycles. The Morgan fingerprint density at radius 2 is 1.12 bits per heavy atom. The number of esters is 2. The second-order valence-corrected chi connectivity index (χ2v) is 9.00. The van der Waals surface area contributed by atoms with E-state index in [0.29, 0.717) is 0 Å². The molecular formula is C13H24O10P2. The first-order valence-electron chi connectivity index (χ1n) is 7.18. The number of hydrogen-bond acceptors (Lipinski definition) is 10. The molecule has 0 saturated heterocycles. The molecule has 0 aliphatic heterocycles. The fraction of sp³-hybridized carbons (Fsp3) is 0.692. The van der Waals surface area contributed by atoms with E-state index in [-0.39, 0.29) is 13.2 Å². The van der Waals surface area contributed by atoms with Gasteiger partial charge in [-0.2, -0.15) is 0 Å². The lowest BCUT2D eigenvalue weighted by atomic mass is 10.1. The maximum Gasteiger partial charge on any atom is 0.368 e. The van der Waals surface area contributed by atoms with Crippen LogP contribution in [0.2, 0.25) is 0 Å². The Kier molecular flexibility index (Phi) is 10.4. The van der Waals surface area contributed by atoms with Gasteiger partial charge in [0.05, 0.1) is 13.2 Å². The molecule has 146 valence electrons. The van der Waals surface area contributed by atoms with Crippen LogP contribution in [0.4, 0.5) is 0 Å². The summed E-state index contributed by atoms with van der Waals surface area (Å²) in [6, 6.07) is 0. The van der Waals surface area contributed by atoms with Crippen molar-refractivity contribution in [2.75, 3.05) is 41.7 Å². The molecule has 25 heavy (non-hydrogen) atoms. The van der Waals surface area contributed by atoms with Crippen LogP contribution in [0.5, 0.6) is 0 Å². The van der Waals surface area contributed by atoms with Crippen molar-refractivity contribution in [1.29, 1.82) is 0 Å². The number of rotatable bonds is 11. The molecular weight excluding hydrogens is 378 g/mol. The predicted octanol–water partition coefficient (Wildman–Crippen LogP) is 2.54. The van der Waals surface area contributed by atoms with Gasteiger partial charge in [0.2, 0.25) is 0 Å². The smallest absolute Gasteiger partial charge is 0.368 e. The Morgan fingerprint density at radius 3 is 1.36 bits per heavy atom. The van der Waals surface area contributed by atoms with Crippen molar-refractivity contribution < 1.29 is 46.3 Å². The van der Waals surface area contributed by atoms with E-state index >= 15 is 0 Å². The van der Waals surface area contributed by atoms with Crippen LogP contribution in [0.3, 0.4) is 0 Å². The van der Waals surface area contributed by atoms with Gasteiger partial charge in [-0.1, -0.05) is 0 Å². The Balaban J connectivity index is 6.42. The molecule has 0 aromatic carbocycles. The van der Waals surface area contributed by atoms with Crippen LogP contribution in [0.1, 0.15) is 13.8 Å². The highest BCUT2D eigenvalue weighted by Gasteiger charge is 2.45. The van der Waals surface area contributed by atoms with Crippen molar-refractivity contribution in [3.8, 4) is 0 Å². The first kappa shape index (κ1) is 24.0. The summed E-state index contributed by atoms with van der Waals surface area (Å²) in [5.41, 5.74) is 0. The van der Waals surface area contributed by atoms with Gasteiger partial charge in [0.15, 0.2) is 11.0 Å². The van der Waals surface area contributed by atoms with Gasteiger partial charge in [0.25, 0.3) is 0 Å². The summed E-state index contributed by atoms with van der Waals surface area (Å²) in [6.07, 6.45) is 0.817. The molecule has 0 unspecified atom stereocenters. The fourth-order valence-corrected chi connectivity index (χ4v) is 5.59. The molecule has 0 aliphatic rings. The maximum absolute atomic E-state index is 12.8. The molecule has 0 fully saturated rings. The molecule has 0 bridgehead atoms. The standard InChI is InChI=1S/C13H24O10P2/c1-7-22-12(14)10(13(15)23-8-2)9-11(24(16,18-3)19-4)25(17,20-5)21-6/h9-10H,7-8H2,1-6H3. The lowest BCUT2D eigenvalue weighted by Crippen LogP contribution is -2.27. The molecule has 0 heterocycles. The molecule has 10 nitrogen and oxygen atoms in total. The zero-order chi connectivity index (χ0) is 19.7. The molecule has 0 aromatic rings. The summed E-state index contributed by atoms with van der Waals surface area (Å²) in [5.74, 6) is -3.64. The third-order valence-electron chi connectivity index (χ3n) is 2.92. The molecule has 0 radical (unpaired) electrons. The highest BCUT2D eigenvalue weighted by atomic mass is 31.2. The number of carbonyl (C=O) groups excluding carboxylic acids is 2. The van der Waals surface area contributed by atoms with E-state index in [0.717, 1.165) is 34.5 Å². The molecule has 12 heteroatoms. The Labute approximate surface area is 146 Å². The summed E-state index contributed by atoms with van der Waals surface area (Å²) in [4.78, 5) is 24.2. The van der Waals surface area contributed by atoms with E-state index in [1.165, 1.54) is 13.8 Å². The molecule has 0 aliphatic carbocycles. The van der Waals surface area contributed by atoms with Gasteiger partial charge in [0.1, 0.15) is 0 Å². The van der Waals surface area contributed by atoms with Crippen molar-refractivity contribution in [1.82, 2.24) is 0 Å².